The molecule has 1 N–H and O–H groups in total. The standard InChI is InChI=1S/C20H23ClN4O2/c1-14-12-16(15(2)25(14)18-9-5-4-8-17(18)21)13-22-23-19(26)20(27)24-10-6-3-7-11-24/h4-5,8-9,12-13H,3,6-7,10-11H2,1-2H3,(H,23,26)/b22-13-. The predicted molar refractivity (Wildman–Crippen MR) is 106 cm³/mol. The maximum atomic E-state index is 12.1. The molecular formula is C20H23ClN4O2. The van der Waals surface area contributed by atoms with Crippen LogP contribution in [0.25, 0.3) is 5.69 Å². The van der Waals surface area contributed by atoms with Gasteiger partial charge in [0, 0.05) is 30.0 Å². The van der Waals surface area contributed by atoms with Crippen LogP contribution in [0.2, 0.25) is 5.02 Å². The first-order chi connectivity index (χ1) is 13.0. The van der Waals surface area contributed by atoms with Crippen molar-refractivity contribution in [2.75, 3.05) is 13.1 Å². The molecule has 2 aromatic rings. The molecule has 1 fully saturated rings. The molecule has 1 aromatic heterocycles. The van der Waals surface area contributed by atoms with Gasteiger partial charge in [-0.2, -0.15) is 5.10 Å². The number of aromatic nitrogens is 1. The first-order valence-electron chi connectivity index (χ1n) is 9.05. The third-order valence-corrected chi connectivity index (χ3v) is 5.09. The molecular weight excluding hydrogens is 364 g/mol. The average molecular weight is 387 g/mol. The van der Waals surface area contributed by atoms with Crippen molar-refractivity contribution >= 4 is 29.6 Å². The van der Waals surface area contributed by atoms with Gasteiger partial charge < -0.3 is 9.47 Å². The number of carbonyl (C=O) groups excluding carboxylic acids is 2. The quantitative estimate of drug-likeness (QED) is 0.500. The van der Waals surface area contributed by atoms with Crippen molar-refractivity contribution < 1.29 is 9.59 Å². The maximum Gasteiger partial charge on any atom is 0.329 e. The molecule has 3 rings (SSSR count). The van der Waals surface area contributed by atoms with Crippen LogP contribution in [-0.2, 0) is 9.59 Å². The van der Waals surface area contributed by atoms with Crippen molar-refractivity contribution in [1.82, 2.24) is 14.9 Å². The number of para-hydroxylation sites is 1. The Kier molecular flexibility index (Phi) is 5.96. The highest BCUT2D eigenvalue weighted by atomic mass is 35.5. The monoisotopic (exact) mass is 386 g/mol. The molecule has 0 unspecified atom stereocenters. The number of benzene rings is 1. The molecule has 0 aliphatic carbocycles. The fraction of sp³-hybridized carbons (Fsp3) is 0.350. The molecule has 142 valence electrons. The smallest absolute Gasteiger partial charge is 0.329 e. The molecule has 0 radical (unpaired) electrons. The second-order valence-electron chi connectivity index (χ2n) is 6.67. The third-order valence-electron chi connectivity index (χ3n) is 4.77. The van der Waals surface area contributed by atoms with E-state index in [2.05, 4.69) is 10.5 Å². The van der Waals surface area contributed by atoms with E-state index in [0.717, 1.165) is 41.9 Å². The second-order valence-corrected chi connectivity index (χ2v) is 7.07. The first kappa shape index (κ1) is 19.2. The van der Waals surface area contributed by atoms with Gasteiger partial charge in [-0.05, 0) is 51.3 Å². The average Bonchev–Trinajstić information content (AvgIpc) is 2.96. The zero-order valence-corrected chi connectivity index (χ0v) is 16.3. The largest absolute Gasteiger partial charge is 0.334 e. The van der Waals surface area contributed by atoms with Gasteiger partial charge in [-0.1, -0.05) is 23.7 Å². The Bertz CT molecular complexity index is 882. The molecule has 0 spiro atoms. The number of halogens is 1. The number of aryl methyl sites for hydroxylation is 1. The molecule has 1 aromatic carbocycles. The minimum absolute atomic E-state index is 0.520. The van der Waals surface area contributed by atoms with Gasteiger partial charge in [0.15, 0.2) is 0 Å². The van der Waals surface area contributed by atoms with Crippen molar-refractivity contribution in [3.05, 3.63) is 52.3 Å². The van der Waals surface area contributed by atoms with Gasteiger partial charge in [0.2, 0.25) is 0 Å². The summed E-state index contributed by atoms with van der Waals surface area (Å²) in [4.78, 5) is 25.7. The summed E-state index contributed by atoms with van der Waals surface area (Å²) in [5.74, 6) is -1.22. The van der Waals surface area contributed by atoms with E-state index >= 15 is 0 Å². The number of hydrogen-bond donors (Lipinski definition) is 1. The molecule has 1 aliphatic rings. The number of hydrogen-bond acceptors (Lipinski definition) is 3. The summed E-state index contributed by atoms with van der Waals surface area (Å²) in [6.07, 6.45) is 4.54. The number of rotatable bonds is 3. The van der Waals surface area contributed by atoms with Crippen LogP contribution in [0.3, 0.4) is 0 Å². The molecule has 2 heterocycles. The summed E-state index contributed by atoms with van der Waals surface area (Å²) in [5.41, 5.74) is 6.02. The Morgan fingerprint density at radius 1 is 1.15 bits per heavy atom. The lowest BCUT2D eigenvalue weighted by atomic mass is 10.1. The van der Waals surface area contributed by atoms with E-state index in [0.29, 0.717) is 18.1 Å². The molecule has 0 atom stereocenters. The molecule has 0 bridgehead atoms. The third kappa shape index (κ3) is 4.22. The van der Waals surface area contributed by atoms with Crippen molar-refractivity contribution in [3.8, 4) is 5.69 Å². The minimum atomic E-state index is -0.701. The summed E-state index contributed by atoms with van der Waals surface area (Å²) in [6, 6.07) is 9.57. The van der Waals surface area contributed by atoms with Crippen molar-refractivity contribution in [2.24, 2.45) is 5.10 Å². The summed E-state index contributed by atoms with van der Waals surface area (Å²) >= 11 is 6.31. The molecule has 1 aliphatic heterocycles. The minimum Gasteiger partial charge on any atom is -0.334 e. The van der Waals surface area contributed by atoms with Gasteiger partial charge in [0.25, 0.3) is 0 Å². The van der Waals surface area contributed by atoms with E-state index in [1.54, 1.807) is 11.1 Å². The van der Waals surface area contributed by atoms with E-state index in [-0.39, 0.29) is 0 Å². The highest BCUT2D eigenvalue weighted by Crippen LogP contribution is 2.25. The molecule has 2 amide bonds. The zero-order valence-electron chi connectivity index (χ0n) is 15.5. The van der Waals surface area contributed by atoms with Crippen LogP contribution in [0.15, 0.2) is 35.4 Å². The fourth-order valence-corrected chi connectivity index (χ4v) is 3.59. The van der Waals surface area contributed by atoms with Gasteiger partial charge >= 0.3 is 11.8 Å². The van der Waals surface area contributed by atoms with Gasteiger partial charge in [-0.15, -0.1) is 0 Å². The summed E-state index contributed by atoms with van der Waals surface area (Å²) in [6.45, 7) is 5.20. The van der Waals surface area contributed by atoms with Gasteiger partial charge in [-0.25, -0.2) is 5.43 Å². The van der Waals surface area contributed by atoms with Gasteiger partial charge in [0.05, 0.1) is 16.9 Å². The van der Waals surface area contributed by atoms with E-state index in [1.807, 2.05) is 48.7 Å². The normalized spacial score (nSPS) is 14.6. The predicted octanol–water partition coefficient (Wildman–Crippen LogP) is 3.21. The van der Waals surface area contributed by atoms with Crippen LogP contribution in [0.1, 0.15) is 36.2 Å². The number of hydrazone groups is 1. The number of nitrogens with zero attached hydrogens (tertiary/aromatic N) is 3. The lowest BCUT2D eigenvalue weighted by Gasteiger charge is -2.25. The summed E-state index contributed by atoms with van der Waals surface area (Å²) in [7, 11) is 0. The van der Waals surface area contributed by atoms with Crippen LogP contribution in [-0.4, -0.2) is 40.6 Å². The fourth-order valence-electron chi connectivity index (χ4n) is 3.37. The van der Waals surface area contributed by atoms with Crippen molar-refractivity contribution in [3.63, 3.8) is 0 Å². The molecule has 27 heavy (non-hydrogen) atoms. The Morgan fingerprint density at radius 3 is 2.56 bits per heavy atom. The lowest BCUT2D eigenvalue weighted by molar-refractivity contribution is -0.146. The Labute approximate surface area is 163 Å². The van der Waals surface area contributed by atoms with E-state index in [4.69, 9.17) is 11.6 Å². The summed E-state index contributed by atoms with van der Waals surface area (Å²) < 4.78 is 2.03. The van der Waals surface area contributed by atoms with Crippen LogP contribution in [0.5, 0.6) is 0 Å². The van der Waals surface area contributed by atoms with Crippen molar-refractivity contribution in [1.29, 1.82) is 0 Å². The highest BCUT2D eigenvalue weighted by molar-refractivity contribution is 6.35. The first-order valence-corrected chi connectivity index (χ1v) is 9.43. The van der Waals surface area contributed by atoms with Gasteiger partial charge in [0.1, 0.15) is 0 Å². The van der Waals surface area contributed by atoms with E-state index < -0.39 is 11.8 Å². The number of carbonyl (C=O) groups is 2. The Hall–Kier alpha value is -2.60. The molecule has 0 saturated carbocycles. The SMILES string of the molecule is Cc1cc(/C=N\NC(=O)C(=O)N2CCCCC2)c(C)n1-c1ccccc1Cl. The van der Waals surface area contributed by atoms with Crippen LogP contribution >= 0.6 is 11.6 Å². The topological polar surface area (TPSA) is 66.7 Å². The number of nitrogens with one attached hydrogen (secondary N) is 1. The maximum absolute atomic E-state index is 12.1. The highest BCUT2D eigenvalue weighted by Gasteiger charge is 2.22. The van der Waals surface area contributed by atoms with Crippen LogP contribution < -0.4 is 5.43 Å². The second kappa shape index (κ2) is 8.39. The summed E-state index contributed by atoms with van der Waals surface area (Å²) in [5, 5.41) is 4.63. The number of piperidine rings is 1. The van der Waals surface area contributed by atoms with Crippen molar-refractivity contribution in [2.45, 2.75) is 33.1 Å². The van der Waals surface area contributed by atoms with E-state index in [1.165, 1.54) is 0 Å². The zero-order chi connectivity index (χ0) is 19.4. The number of amides is 2. The Morgan fingerprint density at radius 2 is 1.85 bits per heavy atom. The molecule has 6 nitrogen and oxygen atoms in total. The van der Waals surface area contributed by atoms with Crippen LogP contribution in [0, 0.1) is 13.8 Å². The Balaban J connectivity index is 1.71. The van der Waals surface area contributed by atoms with Crippen LogP contribution in [0.4, 0.5) is 0 Å². The number of likely N-dealkylation sites (tertiary alicyclic amines) is 1. The lowest BCUT2D eigenvalue weighted by Crippen LogP contribution is -2.43. The molecule has 1 saturated heterocycles. The van der Waals surface area contributed by atoms with E-state index in [9.17, 15) is 9.59 Å². The molecule has 7 heteroatoms. The van der Waals surface area contributed by atoms with Gasteiger partial charge in [-0.3, -0.25) is 9.59 Å².